The number of amides is 1. The molecule has 0 fully saturated rings. The molecule has 4 nitrogen and oxygen atoms in total. The van der Waals surface area contributed by atoms with Gasteiger partial charge in [0.15, 0.2) is 0 Å². The van der Waals surface area contributed by atoms with Gasteiger partial charge < -0.3 is 15.8 Å². The SMILES string of the molecule is CCOc1ccccc1CCNC(=O)[C@H](C)N.Cl. The molecule has 0 bridgehead atoms. The van der Waals surface area contributed by atoms with Crippen LogP contribution in [-0.4, -0.2) is 25.1 Å². The number of ether oxygens (including phenoxy) is 1. The second kappa shape index (κ2) is 8.78. The fourth-order valence-electron chi connectivity index (χ4n) is 1.49. The highest BCUT2D eigenvalue weighted by atomic mass is 35.5. The lowest BCUT2D eigenvalue weighted by Gasteiger charge is -2.11. The lowest BCUT2D eigenvalue weighted by atomic mass is 10.1. The molecule has 102 valence electrons. The summed E-state index contributed by atoms with van der Waals surface area (Å²) in [7, 11) is 0. The zero-order valence-corrected chi connectivity index (χ0v) is 11.6. The maximum absolute atomic E-state index is 11.3. The van der Waals surface area contributed by atoms with Gasteiger partial charge in [0.2, 0.25) is 5.91 Å². The Bertz CT molecular complexity index is 370. The van der Waals surface area contributed by atoms with Crippen molar-refractivity contribution in [2.24, 2.45) is 5.73 Å². The predicted octanol–water partition coefficient (Wildman–Crippen LogP) is 1.51. The number of nitrogens with one attached hydrogen (secondary N) is 1. The van der Waals surface area contributed by atoms with Crippen LogP contribution in [0.15, 0.2) is 24.3 Å². The number of hydrogen-bond acceptors (Lipinski definition) is 3. The summed E-state index contributed by atoms with van der Waals surface area (Å²) >= 11 is 0. The fraction of sp³-hybridized carbons (Fsp3) is 0.462. The lowest BCUT2D eigenvalue weighted by molar-refractivity contribution is -0.121. The number of carbonyl (C=O) groups is 1. The van der Waals surface area contributed by atoms with Crippen molar-refractivity contribution in [1.82, 2.24) is 5.32 Å². The third-order valence-electron chi connectivity index (χ3n) is 2.38. The standard InChI is InChI=1S/C13H20N2O2.ClH/c1-3-17-12-7-5-4-6-11(12)8-9-15-13(16)10(2)14;/h4-7,10H,3,8-9,14H2,1-2H3,(H,15,16);1H/t10-;/m0./s1. The molecule has 0 heterocycles. The minimum Gasteiger partial charge on any atom is -0.494 e. The molecule has 1 aromatic carbocycles. The van der Waals surface area contributed by atoms with Crippen LogP contribution in [0.5, 0.6) is 5.75 Å². The summed E-state index contributed by atoms with van der Waals surface area (Å²) < 4.78 is 5.50. The molecule has 1 rings (SSSR count). The van der Waals surface area contributed by atoms with Gasteiger partial charge in [0.05, 0.1) is 12.6 Å². The van der Waals surface area contributed by atoms with Gasteiger partial charge in [-0.05, 0) is 31.9 Å². The Hall–Kier alpha value is -1.26. The van der Waals surface area contributed by atoms with Gasteiger partial charge in [-0.25, -0.2) is 0 Å². The minimum atomic E-state index is -0.461. The van der Waals surface area contributed by atoms with Gasteiger partial charge in [0.25, 0.3) is 0 Å². The first-order chi connectivity index (χ1) is 8.15. The molecule has 18 heavy (non-hydrogen) atoms. The topological polar surface area (TPSA) is 64.3 Å². The molecule has 1 atom stereocenters. The van der Waals surface area contributed by atoms with Crippen LogP contribution in [0.2, 0.25) is 0 Å². The van der Waals surface area contributed by atoms with Crippen LogP contribution in [0.3, 0.4) is 0 Å². The molecule has 0 aliphatic rings. The quantitative estimate of drug-likeness (QED) is 0.825. The van der Waals surface area contributed by atoms with E-state index in [1.165, 1.54) is 0 Å². The number of para-hydroxylation sites is 1. The van der Waals surface area contributed by atoms with E-state index >= 15 is 0 Å². The molecule has 0 aliphatic carbocycles. The lowest BCUT2D eigenvalue weighted by Crippen LogP contribution is -2.39. The van der Waals surface area contributed by atoms with E-state index in [4.69, 9.17) is 10.5 Å². The summed E-state index contributed by atoms with van der Waals surface area (Å²) in [6, 6.07) is 7.38. The highest BCUT2D eigenvalue weighted by Gasteiger charge is 2.07. The average molecular weight is 273 g/mol. The molecule has 5 heteroatoms. The first kappa shape index (κ1) is 16.7. The summed E-state index contributed by atoms with van der Waals surface area (Å²) in [5.41, 5.74) is 6.55. The molecule has 0 aliphatic heterocycles. The number of benzene rings is 1. The van der Waals surface area contributed by atoms with Gasteiger partial charge in [-0.15, -0.1) is 12.4 Å². The smallest absolute Gasteiger partial charge is 0.236 e. The van der Waals surface area contributed by atoms with Crippen LogP contribution in [0.25, 0.3) is 0 Å². The molecule has 0 unspecified atom stereocenters. The fourth-order valence-corrected chi connectivity index (χ4v) is 1.49. The third kappa shape index (κ3) is 5.38. The summed E-state index contributed by atoms with van der Waals surface area (Å²) in [5, 5.41) is 2.78. The Balaban J connectivity index is 0.00000289. The molecule has 0 radical (unpaired) electrons. The first-order valence-electron chi connectivity index (χ1n) is 5.89. The van der Waals surface area contributed by atoms with Gasteiger partial charge in [-0.2, -0.15) is 0 Å². The minimum absolute atomic E-state index is 0. The van der Waals surface area contributed by atoms with Crippen molar-refractivity contribution >= 4 is 18.3 Å². The second-order valence-corrected chi connectivity index (χ2v) is 3.87. The van der Waals surface area contributed by atoms with E-state index in [9.17, 15) is 4.79 Å². The van der Waals surface area contributed by atoms with E-state index in [-0.39, 0.29) is 18.3 Å². The van der Waals surface area contributed by atoms with Crippen LogP contribution in [0.1, 0.15) is 19.4 Å². The predicted molar refractivity (Wildman–Crippen MR) is 75.2 cm³/mol. The number of hydrogen-bond donors (Lipinski definition) is 2. The molecule has 0 saturated carbocycles. The summed E-state index contributed by atoms with van der Waals surface area (Å²) in [5.74, 6) is 0.754. The van der Waals surface area contributed by atoms with Gasteiger partial charge in [0.1, 0.15) is 5.75 Å². The third-order valence-corrected chi connectivity index (χ3v) is 2.38. The van der Waals surface area contributed by atoms with E-state index in [2.05, 4.69) is 5.32 Å². The Morgan fingerprint density at radius 1 is 1.44 bits per heavy atom. The van der Waals surface area contributed by atoms with Crippen molar-refractivity contribution in [1.29, 1.82) is 0 Å². The van der Waals surface area contributed by atoms with Crippen LogP contribution in [0, 0.1) is 0 Å². The molecule has 0 aromatic heterocycles. The Morgan fingerprint density at radius 2 is 2.11 bits per heavy atom. The molecule has 0 saturated heterocycles. The maximum atomic E-state index is 11.3. The summed E-state index contributed by atoms with van der Waals surface area (Å²) in [4.78, 5) is 11.3. The number of nitrogens with two attached hydrogens (primary N) is 1. The number of halogens is 1. The van der Waals surface area contributed by atoms with Crippen molar-refractivity contribution in [2.75, 3.05) is 13.2 Å². The number of carbonyl (C=O) groups excluding carboxylic acids is 1. The van der Waals surface area contributed by atoms with E-state index in [1.807, 2.05) is 31.2 Å². The van der Waals surface area contributed by atoms with Crippen LogP contribution < -0.4 is 15.8 Å². The maximum Gasteiger partial charge on any atom is 0.236 e. The van der Waals surface area contributed by atoms with Crippen LogP contribution in [0.4, 0.5) is 0 Å². The van der Waals surface area contributed by atoms with Gasteiger partial charge in [-0.3, -0.25) is 4.79 Å². The van der Waals surface area contributed by atoms with E-state index < -0.39 is 6.04 Å². The van der Waals surface area contributed by atoms with Gasteiger partial charge in [-0.1, -0.05) is 18.2 Å². The molecule has 0 spiro atoms. The van der Waals surface area contributed by atoms with Crippen molar-refractivity contribution in [3.63, 3.8) is 0 Å². The highest BCUT2D eigenvalue weighted by molar-refractivity contribution is 5.85. The van der Waals surface area contributed by atoms with Crippen LogP contribution >= 0.6 is 12.4 Å². The zero-order chi connectivity index (χ0) is 12.7. The van der Waals surface area contributed by atoms with Gasteiger partial charge in [0, 0.05) is 6.54 Å². The molecular formula is C13H21ClN2O2. The monoisotopic (exact) mass is 272 g/mol. The average Bonchev–Trinajstić information content (AvgIpc) is 2.31. The highest BCUT2D eigenvalue weighted by Crippen LogP contribution is 2.17. The first-order valence-corrected chi connectivity index (χ1v) is 5.89. The van der Waals surface area contributed by atoms with Crippen molar-refractivity contribution < 1.29 is 9.53 Å². The summed E-state index contributed by atoms with van der Waals surface area (Å²) in [6.07, 6.45) is 0.745. The van der Waals surface area contributed by atoms with Crippen molar-refractivity contribution in [2.45, 2.75) is 26.3 Å². The van der Waals surface area contributed by atoms with Crippen LogP contribution in [-0.2, 0) is 11.2 Å². The summed E-state index contributed by atoms with van der Waals surface area (Å²) in [6.45, 7) is 4.84. The molecular weight excluding hydrogens is 252 g/mol. The normalized spacial score (nSPS) is 11.3. The Kier molecular flexibility index (Phi) is 8.16. The van der Waals surface area contributed by atoms with E-state index in [1.54, 1.807) is 6.92 Å². The molecule has 3 N–H and O–H groups in total. The van der Waals surface area contributed by atoms with E-state index in [0.29, 0.717) is 13.2 Å². The van der Waals surface area contributed by atoms with Crippen molar-refractivity contribution in [3.05, 3.63) is 29.8 Å². The molecule has 1 amide bonds. The van der Waals surface area contributed by atoms with Crippen molar-refractivity contribution in [3.8, 4) is 5.75 Å². The number of rotatable bonds is 6. The Morgan fingerprint density at radius 3 is 2.72 bits per heavy atom. The Labute approximate surface area is 114 Å². The largest absolute Gasteiger partial charge is 0.494 e. The van der Waals surface area contributed by atoms with E-state index in [0.717, 1.165) is 17.7 Å². The van der Waals surface area contributed by atoms with Gasteiger partial charge >= 0.3 is 0 Å². The zero-order valence-electron chi connectivity index (χ0n) is 10.8. The second-order valence-electron chi connectivity index (χ2n) is 3.87. The molecule has 1 aromatic rings.